The lowest BCUT2D eigenvalue weighted by Crippen LogP contribution is -1.87. The molecule has 1 aromatic rings. The number of aryl methyl sites for hydroxylation is 1. The van der Waals surface area contributed by atoms with E-state index in [2.05, 4.69) is 46.9 Å². The molecule has 0 N–H and O–H groups in total. The molecule has 0 aliphatic heterocycles. The van der Waals surface area contributed by atoms with Gasteiger partial charge < -0.3 is 0 Å². The van der Waals surface area contributed by atoms with Gasteiger partial charge in [-0.15, -0.1) is 0 Å². The van der Waals surface area contributed by atoms with E-state index in [0.29, 0.717) is 0 Å². The summed E-state index contributed by atoms with van der Waals surface area (Å²) in [5.74, 6) is 0. The van der Waals surface area contributed by atoms with Crippen molar-refractivity contribution in [1.82, 2.24) is 0 Å². The Morgan fingerprint density at radius 2 is 1.22 bits per heavy atom. The van der Waals surface area contributed by atoms with Gasteiger partial charge in [0.05, 0.1) is 6.61 Å². The third kappa shape index (κ3) is 8.09. The summed E-state index contributed by atoms with van der Waals surface area (Å²) in [6, 6.07) is 8.85. The van der Waals surface area contributed by atoms with Crippen LogP contribution < -0.4 is 0 Å². The predicted molar refractivity (Wildman–Crippen MR) is 85.4 cm³/mol. The van der Waals surface area contributed by atoms with Crippen molar-refractivity contribution >= 4 is 22.6 Å². The Balaban J connectivity index is 1.91. The third-order valence-electron chi connectivity index (χ3n) is 3.27. The molecule has 18 heavy (non-hydrogen) atoms. The number of benzene rings is 1. The van der Waals surface area contributed by atoms with E-state index in [0.717, 1.165) is 12.8 Å². The van der Waals surface area contributed by atoms with Crippen LogP contribution in [0.2, 0.25) is 0 Å². The standard InChI is InChI=1S/C16H24IO/c17-16-12-10-15(11-13-16)9-7-5-3-1-2-4-6-8-14-18/h10-13H,1-9,14H2. The van der Waals surface area contributed by atoms with Gasteiger partial charge in [-0.25, -0.2) is 5.11 Å². The largest absolute Gasteiger partial charge is 0.237 e. The minimum absolute atomic E-state index is 0.107. The van der Waals surface area contributed by atoms with E-state index in [4.69, 9.17) is 0 Å². The molecule has 0 aliphatic rings. The van der Waals surface area contributed by atoms with Crippen molar-refractivity contribution in [2.45, 2.75) is 57.8 Å². The second kappa shape index (κ2) is 10.8. The molecule has 0 heterocycles. The second-order valence-electron chi connectivity index (χ2n) is 4.91. The SMILES string of the molecule is [O]CCCCCCCCCCc1ccc(I)cc1. The smallest absolute Gasteiger partial charge is 0.0822 e. The quantitative estimate of drug-likeness (QED) is 0.395. The summed E-state index contributed by atoms with van der Waals surface area (Å²) in [6.45, 7) is 0.107. The zero-order chi connectivity index (χ0) is 13.1. The van der Waals surface area contributed by atoms with Gasteiger partial charge in [-0.2, -0.15) is 0 Å². The van der Waals surface area contributed by atoms with Crippen LogP contribution in [0.3, 0.4) is 0 Å². The summed E-state index contributed by atoms with van der Waals surface area (Å²) in [5.41, 5.74) is 1.46. The highest BCUT2D eigenvalue weighted by molar-refractivity contribution is 14.1. The van der Waals surface area contributed by atoms with Crippen LogP contribution in [0.25, 0.3) is 0 Å². The van der Waals surface area contributed by atoms with Crippen molar-refractivity contribution in [2.24, 2.45) is 0 Å². The lowest BCUT2D eigenvalue weighted by molar-refractivity contribution is 0.186. The monoisotopic (exact) mass is 359 g/mol. The Hall–Kier alpha value is -0.0900. The molecule has 101 valence electrons. The van der Waals surface area contributed by atoms with Gasteiger partial charge in [0.1, 0.15) is 0 Å². The minimum Gasteiger partial charge on any atom is -0.237 e. The van der Waals surface area contributed by atoms with Crippen molar-refractivity contribution in [3.05, 3.63) is 33.4 Å². The lowest BCUT2D eigenvalue weighted by Gasteiger charge is -2.03. The molecule has 0 unspecified atom stereocenters. The zero-order valence-electron chi connectivity index (χ0n) is 11.2. The van der Waals surface area contributed by atoms with E-state index in [-0.39, 0.29) is 6.61 Å². The van der Waals surface area contributed by atoms with Gasteiger partial charge in [-0.1, -0.05) is 50.7 Å². The summed E-state index contributed by atoms with van der Waals surface area (Å²) in [5, 5.41) is 10.3. The van der Waals surface area contributed by atoms with Gasteiger partial charge in [0.2, 0.25) is 0 Å². The van der Waals surface area contributed by atoms with Crippen LogP contribution in [0.1, 0.15) is 56.9 Å². The van der Waals surface area contributed by atoms with Crippen LogP contribution >= 0.6 is 22.6 Å². The fraction of sp³-hybridized carbons (Fsp3) is 0.625. The van der Waals surface area contributed by atoms with Gasteiger partial charge in [-0.3, -0.25) is 0 Å². The van der Waals surface area contributed by atoms with E-state index in [1.54, 1.807) is 0 Å². The second-order valence-corrected chi connectivity index (χ2v) is 6.15. The maximum Gasteiger partial charge on any atom is 0.0822 e. The van der Waals surface area contributed by atoms with Crippen LogP contribution in [0, 0.1) is 3.57 Å². The molecule has 0 spiro atoms. The van der Waals surface area contributed by atoms with Gasteiger partial charge >= 0.3 is 0 Å². The lowest BCUT2D eigenvalue weighted by atomic mass is 10.0. The molecule has 0 aromatic heterocycles. The van der Waals surface area contributed by atoms with E-state index in [9.17, 15) is 5.11 Å². The van der Waals surface area contributed by atoms with Crippen LogP contribution in [-0.2, 0) is 11.5 Å². The van der Waals surface area contributed by atoms with E-state index in [1.165, 1.54) is 54.1 Å². The maximum atomic E-state index is 10.3. The molecule has 0 bridgehead atoms. The Morgan fingerprint density at radius 3 is 1.78 bits per heavy atom. The van der Waals surface area contributed by atoms with Crippen LogP contribution in [0.4, 0.5) is 0 Å². The molecule has 0 fully saturated rings. The Morgan fingerprint density at radius 1 is 0.722 bits per heavy atom. The highest BCUT2D eigenvalue weighted by Gasteiger charge is 1.95. The number of halogens is 1. The molecule has 0 aliphatic carbocycles. The van der Waals surface area contributed by atoms with Gasteiger partial charge in [0.25, 0.3) is 0 Å². The molecule has 0 saturated heterocycles. The topological polar surface area (TPSA) is 19.9 Å². The van der Waals surface area contributed by atoms with Gasteiger partial charge in [-0.05, 0) is 59.5 Å². The molecule has 1 rings (SSSR count). The van der Waals surface area contributed by atoms with E-state index >= 15 is 0 Å². The van der Waals surface area contributed by atoms with Crippen molar-refractivity contribution < 1.29 is 5.11 Å². The Kier molecular flexibility index (Phi) is 9.58. The summed E-state index contributed by atoms with van der Waals surface area (Å²) < 4.78 is 1.31. The Labute approximate surface area is 125 Å². The fourth-order valence-corrected chi connectivity index (χ4v) is 2.50. The third-order valence-corrected chi connectivity index (χ3v) is 3.99. The average molecular weight is 359 g/mol. The first kappa shape index (κ1) is 16.0. The fourth-order valence-electron chi connectivity index (χ4n) is 2.14. The van der Waals surface area contributed by atoms with Crippen molar-refractivity contribution in [2.75, 3.05) is 6.61 Å². The average Bonchev–Trinajstić information content (AvgIpc) is 2.39. The van der Waals surface area contributed by atoms with Crippen LogP contribution in [-0.4, -0.2) is 6.61 Å². The minimum atomic E-state index is 0.107. The molecule has 0 atom stereocenters. The van der Waals surface area contributed by atoms with Gasteiger partial charge in [0.15, 0.2) is 0 Å². The first-order valence-corrected chi connectivity index (χ1v) is 8.23. The molecular weight excluding hydrogens is 335 g/mol. The maximum absolute atomic E-state index is 10.3. The van der Waals surface area contributed by atoms with Crippen molar-refractivity contribution in [3.63, 3.8) is 0 Å². The first-order chi connectivity index (χ1) is 8.83. The van der Waals surface area contributed by atoms with Gasteiger partial charge in [0, 0.05) is 3.57 Å². The summed E-state index contributed by atoms with van der Waals surface area (Å²) >= 11 is 2.35. The molecule has 1 radical (unpaired) electrons. The number of hydrogen-bond acceptors (Lipinski definition) is 0. The molecule has 1 aromatic carbocycles. The summed E-state index contributed by atoms with van der Waals surface area (Å²) in [7, 11) is 0. The van der Waals surface area contributed by atoms with E-state index in [1.807, 2.05) is 0 Å². The zero-order valence-corrected chi connectivity index (χ0v) is 13.3. The number of rotatable bonds is 10. The van der Waals surface area contributed by atoms with E-state index < -0.39 is 0 Å². The summed E-state index contributed by atoms with van der Waals surface area (Å²) in [4.78, 5) is 0. The molecule has 0 amide bonds. The molecule has 1 nitrogen and oxygen atoms in total. The number of hydrogen-bond donors (Lipinski definition) is 0. The molecule has 0 saturated carbocycles. The molecule has 2 heteroatoms. The van der Waals surface area contributed by atoms with Crippen molar-refractivity contribution in [3.8, 4) is 0 Å². The number of unbranched alkanes of at least 4 members (excludes halogenated alkanes) is 7. The normalized spacial score (nSPS) is 10.8. The Bertz CT molecular complexity index is 294. The predicted octanol–water partition coefficient (Wildman–Crippen LogP) is 5.39. The van der Waals surface area contributed by atoms with Crippen molar-refractivity contribution in [1.29, 1.82) is 0 Å². The highest BCUT2D eigenvalue weighted by atomic mass is 127. The van der Waals surface area contributed by atoms with Crippen LogP contribution in [0.15, 0.2) is 24.3 Å². The highest BCUT2D eigenvalue weighted by Crippen LogP contribution is 2.12. The summed E-state index contributed by atoms with van der Waals surface area (Å²) in [6.07, 6.45) is 11.1. The molecular formula is C16H24IO. The first-order valence-electron chi connectivity index (χ1n) is 7.15. The van der Waals surface area contributed by atoms with Crippen LogP contribution in [0.5, 0.6) is 0 Å².